The van der Waals surface area contributed by atoms with Crippen LogP contribution in [0.3, 0.4) is 0 Å². The van der Waals surface area contributed by atoms with Crippen LogP contribution in [0.1, 0.15) is 36.2 Å². The molecule has 1 aliphatic rings. The summed E-state index contributed by atoms with van der Waals surface area (Å²) in [4.78, 5) is 26.0. The van der Waals surface area contributed by atoms with Gasteiger partial charge in [0.1, 0.15) is 0 Å². The summed E-state index contributed by atoms with van der Waals surface area (Å²) in [5.41, 5.74) is 2.34. The lowest BCUT2D eigenvalue weighted by Crippen LogP contribution is -2.31. The molecule has 128 valence electrons. The second-order valence-corrected chi connectivity index (χ2v) is 7.05. The van der Waals surface area contributed by atoms with E-state index in [0.717, 1.165) is 22.6 Å². The van der Waals surface area contributed by atoms with Gasteiger partial charge in [0.05, 0.1) is 10.6 Å². The van der Waals surface area contributed by atoms with Gasteiger partial charge < -0.3 is 10.6 Å². The molecule has 0 fully saturated rings. The zero-order valence-electron chi connectivity index (χ0n) is 14.2. The molecule has 1 atom stereocenters. The molecule has 1 unspecified atom stereocenters. The van der Waals surface area contributed by atoms with Gasteiger partial charge in [-0.25, -0.2) is 0 Å². The highest BCUT2D eigenvalue weighted by atomic mass is 32.2. The molecule has 2 aromatic carbocycles. The van der Waals surface area contributed by atoms with Gasteiger partial charge >= 0.3 is 0 Å². The van der Waals surface area contributed by atoms with Crippen molar-refractivity contribution in [3.63, 3.8) is 0 Å². The fourth-order valence-corrected chi connectivity index (χ4v) is 3.35. The van der Waals surface area contributed by atoms with Gasteiger partial charge in [0, 0.05) is 16.5 Å². The van der Waals surface area contributed by atoms with E-state index in [4.69, 9.17) is 0 Å². The number of nitrogens with one attached hydrogen (secondary N) is 2. The molecule has 0 saturated carbocycles. The number of anilines is 1. The number of carbonyl (C=O) groups excluding carboxylic acids is 2. The Labute approximate surface area is 151 Å². The van der Waals surface area contributed by atoms with Gasteiger partial charge in [-0.05, 0) is 49.2 Å². The summed E-state index contributed by atoms with van der Waals surface area (Å²) >= 11 is 1.45. The van der Waals surface area contributed by atoms with Crippen molar-refractivity contribution in [2.24, 2.45) is 0 Å². The lowest BCUT2D eigenvalue weighted by Gasteiger charge is -2.18. The minimum absolute atomic E-state index is 0.0766. The van der Waals surface area contributed by atoms with Crippen molar-refractivity contribution in [1.82, 2.24) is 5.32 Å². The number of rotatable bonds is 4. The van der Waals surface area contributed by atoms with Crippen LogP contribution in [0.25, 0.3) is 6.08 Å². The van der Waals surface area contributed by atoms with Crippen molar-refractivity contribution in [2.45, 2.75) is 31.2 Å². The van der Waals surface area contributed by atoms with Gasteiger partial charge in [-0.2, -0.15) is 0 Å². The van der Waals surface area contributed by atoms with Crippen LogP contribution in [0.5, 0.6) is 0 Å². The summed E-state index contributed by atoms with van der Waals surface area (Å²) in [5, 5.41) is 5.84. The summed E-state index contributed by atoms with van der Waals surface area (Å²) in [6.45, 7) is 4.01. The molecule has 1 heterocycles. The van der Waals surface area contributed by atoms with Crippen molar-refractivity contribution >= 4 is 35.3 Å². The molecular formula is C20H20N2O2S. The van der Waals surface area contributed by atoms with Crippen LogP contribution >= 0.6 is 11.8 Å². The Balaban J connectivity index is 1.76. The lowest BCUT2D eigenvalue weighted by atomic mass is 10.1. The standard InChI is InChI=1S/C20H20N2O2S/c1-3-13(2)21-19(23)15-10-8-14(9-11-15)12-18-20(24)22-16-6-4-5-7-17(16)25-18/h4-13H,3H2,1-2H3,(H,21,23)(H,22,24). The monoisotopic (exact) mass is 352 g/mol. The van der Waals surface area contributed by atoms with Gasteiger partial charge in [0.15, 0.2) is 0 Å². The van der Waals surface area contributed by atoms with Crippen molar-refractivity contribution in [3.05, 3.63) is 64.6 Å². The third-order valence-corrected chi connectivity index (χ3v) is 5.14. The summed E-state index contributed by atoms with van der Waals surface area (Å²) < 4.78 is 0. The van der Waals surface area contributed by atoms with Crippen LogP contribution < -0.4 is 10.6 Å². The first-order valence-corrected chi connectivity index (χ1v) is 9.09. The third kappa shape index (κ3) is 4.12. The van der Waals surface area contributed by atoms with Crippen LogP contribution in [0, 0.1) is 0 Å². The largest absolute Gasteiger partial charge is 0.350 e. The Morgan fingerprint density at radius 3 is 2.64 bits per heavy atom. The molecule has 5 heteroatoms. The number of hydrogen-bond acceptors (Lipinski definition) is 3. The second-order valence-electron chi connectivity index (χ2n) is 5.97. The molecule has 0 spiro atoms. The van der Waals surface area contributed by atoms with Crippen molar-refractivity contribution in [2.75, 3.05) is 5.32 Å². The Morgan fingerprint density at radius 2 is 1.92 bits per heavy atom. The number of thioether (sulfide) groups is 1. The van der Waals surface area contributed by atoms with E-state index in [9.17, 15) is 9.59 Å². The van der Waals surface area contributed by atoms with E-state index in [-0.39, 0.29) is 17.9 Å². The first-order valence-electron chi connectivity index (χ1n) is 8.27. The zero-order chi connectivity index (χ0) is 17.8. The highest BCUT2D eigenvalue weighted by Gasteiger charge is 2.20. The highest BCUT2D eigenvalue weighted by Crippen LogP contribution is 2.38. The van der Waals surface area contributed by atoms with Crippen molar-refractivity contribution in [3.8, 4) is 0 Å². The Bertz CT molecular complexity index is 828. The van der Waals surface area contributed by atoms with Crippen molar-refractivity contribution < 1.29 is 9.59 Å². The number of carbonyl (C=O) groups is 2. The van der Waals surface area contributed by atoms with E-state index in [1.165, 1.54) is 11.8 Å². The quantitative estimate of drug-likeness (QED) is 0.807. The molecule has 0 saturated heterocycles. The molecule has 0 aliphatic carbocycles. The van der Waals surface area contributed by atoms with Crippen LogP contribution in [0.2, 0.25) is 0 Å². The summed E-state index contributed by atoms with van der Waals surface area (Å²) in [5.74, 6) is -0.186. The minimum Gasteiger partial charge on any atom is -0.350 e. The number of amides is 2. The molecule has 1 aliphatic heterocycles. The molecule has 2 N–H and O–H groups in total. The van der Waals surface area contributed by atoms with Crippen molar-refractivity contribution in [1.29, 1.82) is 0 Å². The average Bonchev–Trinajstić information content (AvgIpc) is 2.62. The first kappa shape index (κ1) is 17.3. The van der Waals surface area contributed by atoms with E-state index >= 15 is 0 Å². The van der Waals surface area contributed by atoms with Crippen LogP contribution in [-0.2, 0) is 4.79 Å². The molecular weight excluding hydrogens is 332 g/mol. The molecule has 0 bridgehead atoms. The lowest BCUT2D eigenvalue weighted by molar-refractivity contribution is -0.112. The predicted molar refractivity (Wildman–Crippen MR) is 103 cm³/mol. The van der Waals surface area contributed by atoms with E-state index in [1.807, 2.05) is 56.3 Å². The number of benzene rings is 2. The smallest absolute Gasteiger partial charge is 0.262 e. The fraction of sp³-hybridized carbons (Fsp3) is 0.200. The summed E-state index contributed by atoms with van der Waals surface area (Å²) in [7, 11) is 0. The fourth-order valence-electron chi connectivity index (χ4n) is 2.39. The molecule has 0 aromatic heterocycles. The van der Waals surface area contributed by atoms with Gasteiger partial charge in [0.2, 0.25) is 0 Å². The van der Waals surface area contributed by atoms with Crippen LogP contribution in [-0.4, -0.2) is 17.9 Å². The summed E-state index contributed by atoms with van der Waals surface area (Å²) in [6, 6.07) is 15.1. The van der Waals surface area contributed by atoms with Crippen LogP contribution in [0.4, 0.5) is 5.69 Å². The highest BCUT2D eigenvalue weighted by molar-refractivity contribution is 8.04. The number of fused-ring (bicyclic) bond motifs is 1. The number of hydrogen-bond donors (Lipinski definition) is 2. The molecule has 4 nitrogen and oxygen atoms in total. The van der Waals surface area contributed by atoms with Gasteiger partial charge in [-0.15, -0.1) is 0 Å². The first-order chi connectivity index (χ1) is 12.1. The second kappa shape index (κ2) is 7.57. The normalized spacial score (nSPS) is 16.1. The van der Waals surface area contributed by atoms with Gasteiger partial charge in [0.25, 0.3) is 11.8 Å². The molecule has 2 aromatic rings. The summed E-state index contributed by atoms with van der Waals surface area (Å²) in [6.07, 6.45) is 2.73. The van der Waals surface area contributed by atoms with E-state index in [2.05, 4.69) is 10.6 Å². The maximum atomic E-state index is 12.2. The third-order valence-electron chi connectivity index (χ3n) is 4.04. The topological polar surface area (TPSA) is 58.2 Å². The zero-order valence-corrected chi connectivity index (χ0v) is 15.0. The van der Waals surface area contributed by atoms with Gasteiger partial charge in [-0.1, -0.05) is 43.0 Å². The maximum absolute atomic E-state index is 12.2. The number of para-hydroxylation sites is 1. The predicted octanol–water partition coefficient (Wildman–Crippen LogP) is 4.30. The molecule has 25 heavy (non-hydrogen) atoms. The van der Waals surface area contributed by atoms with Gasteiger partial charge in [-0.3, -0.25) is 9.59 Å². The molecule has 2 amide bonds. The van der Waals surface area contributed by atoms with E-state index in [0.29, 0.717) is 10.5 Å². The molecule has 3 rings (SSSR count). The van der Waals surface area contributed by atoms with E-state index < -0.39 is 0 Å². The minimum atomic E-state index is -0.109. The maximum Gasteiger partial charge on any atom is 0.262 e. The Morgan fingerprint density at radius 1 is 1.20 bits per heavy atom. The Hall–Kier alpha value is -2.53. The molecule has 0 radical (unpaired) electrons. The Kier molecular flexibility index (Phi) is 5.24. The average molecular weight is 352 g/mol. The van der Waals surface area contributed by atoms with Crippen LogP contribution in [0.15, 0.2) is 58.3 Å². The van der Waals surface area contributed by atoms with E-state index in [1.54, 1.807) is 12.1 Å². The SMILES string of the molecule is CCC(C)NC(=O)c1ccc(C=C2Sc3ccccc3NC2=O)cc1.